The molecule has 0 aliphatic carbocycles. The average molecular weight is 1010 g/mol. The lowest BCUT2D eigenvalue weighted by molar-refractivity contribution is 0.0803. The maximum absolute atomic E-state index is 13.7. The first kappa shape index (κ1) is 50.4. The fourth-order valence-corrected chi connectivity index (χ4v) is 11.2. The summed E-state index contributed by atoms with van der Waals surface area (Å²) < 4.78 is 40.1. The molecule has 0 saturated heterocycles. The molecule has 0 saturated carbocycles. The zero-order chi connectivity index (χ0) is 52.2. The quantitative estimate of drug-likeness (QED) is 0.0854. The summed E-state index contributed by atoms with van der Waals surface area (Å²) in [6.07, 6.45) is 3.82. The first-order valence-corrected chi connectivity index (χ1v) is 27.7. The van der Waals surface area contributed by atoms with Crippen LogP contribution in [0, 0.1) is 0 Å². The lowest BCUT2D eigenvalue weighted by Crippen LogP contribution is -2.30. The van der Waals surface area contributed by atoms with E-state index in [4.69, 9.17) is 9.47 Å². The van der Waals surface area contributed by atoms with Crippen LogP contribution >= 0.6 is 0 Å². The van der Waals surface area contributed by atoms with E-state index in [1.807, 2.05) is 24.3 Å². The minimum atomic E-state index is -3.71. The number of rotatable bonds is 18. The molecule has 0 aliphatic rings. The molecular formula is C68H64N2O4S. The van der Waals surface area contributed by atoms with Crippen LogP contribution in [0.25, 0.3) is 32.7 Å². The largest absolute Gasteiger partial charge is 0.488 e. The van der Waals surface area contributed by atoms with Gasteiger partial charge in [-0.05, 0) is 187 Å². The number of nitrogens with zero attached hydrogens (tertiary/aromatic N) is 2. The maximum atomic E-state index is 13.7. The van der Waals surface area contributed by atoms with Crippen molar-refractivity contribution in [1.82, 2.24) is 0 Å². The van der Waals surface area contributed by atoms with Crippen LogP contribution in [0.15, 0.2) is 240 Å². The molecule has 0 spiro atoms. The van der Waals surface area contributed by atoms with Crippen LogP contribution in [0.4, 0.5) is 34.1 Å². The molecule has 0 heterocycles. The van der Waals surface area contributed by atoms with Crippen LogP contribution in [0.3, 0.4) is 0 Å². The second kappa shape index (κ2) is 21.4. The molecule has 10 rings (SSSR count). The van der Waals surface area contributed by atoms with E-state index >= 15 is 0 Å². The molecule has 10 aromatic rings. The molecule has 0 radical (unpaired) electrons. The molecule has 75 heavy (non-hydrogen) atoms. The number of benzene rings is 10. The zero-order valence-corrected chi connectivity index (χ0v) is 44.5. The van der Waals surface area contributed by atoms with E-state index < -0.39 is 9.84 Å². The summed E-state index contributed by atoms with van der Waals surface area (Å²) in [5.74, 6) is 2.04. The highest BCUT2D eigenvalue weighted by Crippen LogP contribution is 2.43. The van der Waals surface area contributed by atoms with Gasteiger partial charge in [0.05, 0.1) is 21.2 Å². The molecule has 0 atom stereocenters. The summed E-state index contributed by atoms with van der Waals surface area (Å²) >= 11 is 0. The SMILES string of the molecule is CCC(C)(CC)Oc1ccc(N(c2ccc(-c3ccc(N(c4ccc(Oc5ccc(S(=O)(=O)c6ccc(C(C)(CC)CC)cc6)cc5)cc4)c4cccc5ccccc45)cc3)cc2)c2cccc3ccccc23)cc1. The third-order valence-electron chi connectivity index (χ3n) is 15.4. The molecule has 6 nitrogen and oxygen atoms in total. The van der Waals surface area contributed by atoms with Gasteiger partial charge in [0.15, 0.2) is 0 Å². The summed E-state index contributed by atoms with van der Waals surface area (Å²) in [7, 11) is -3.71. The Balaban J connectivity index is 0.913. The van der Waals surface area contributed by atoms with Gasteiger partial charge in [-0.1, -0.05) is 144 Å². The van der Waals surface area contributed by atoms with E-state index in [0.29, 0.717) is 11.5 Å². The molecule has 0 aromatic heterocycles. The van der Waals surface area contributed by atoms with Crippen LogP contribution in [0.1, 0.15) is 72.8 Å². The summed E-state index contributed by atoms with van der Waals surface area (Å²) in [5, 5.41) is 4.63. The van der Waals surface area contributed by atoms with Crippen molar-refractivity contribution in [2.75, 3.05) is 9.80 Å². The van der Waals surface area contributed by atoms with Crippen molar-refractivity contribution in [3.8, 4) is 28.4 Å². The van der Waals surface area contributed by atoms with Crippen molar-refractivity contribution in [3.05, 3.63) is 236 Å². The van der Waals surface area contributed by atoms with Crippen LogP contribution in [-0.4, -0.2) is 14.0 Å². The minimum Gasteiger partial charge on any atom is -0.488 e. The van der Waals surface area contributed by atoms with Crippen molar-refractivity contribution in [2.45, 2.75) is 88.0 Å². The minimum absolute atomic E-state index is 0.0106. The van der Waals surface area contributed by atoms with Crippen molar-refractivity contribution in [3.63, 3.8) is 0 Å². The molecule has 0 aliphatic heterocycles. The van der Waals surface area contributed by atoms with E-state index in [9.17, 15) is 8.42 Å². The number of sulfone groups is 1. The molecular weight excluding hydrogens is 941 g/mol. The van der Waals surface area contributed by atoms with Crippen LogP contribution in [0.5, 0.6) is 17.2 Å². The number of anilines is 6. The van der Waals surface area contributed by atoms with Crippen molar-refractivity contribution in [2.24, 2.45) is 0 Å². The lowest BCUT2D eigenvalue weighted by Gasteiger charge is -2.30. The van der Waals surface area contributed by atoms with E-state index in [-0.39, 0.29) is 20.8 Å². The van der Waals surface area contributed by atoms with Gasteiger partial charge in [0.1, 0.15) is 22.8 Å². The Labute approximate surface area is 443 Å². The Morgan fingerprint density at radius 3 is 1.16 bits per heavy atom. The van der Waals surface area contributed by atoms with E-state index in [1.54, 1.807) is 36.4 Å². The smallest absolute Gasteiger partial charge is 0.206 e. The predicted octanol–water partition coefficient (Wildman–Crippen LogP) is 19.3. The lowest BCUT2D eigenvalue weighted by atomic mass is 9.78. The number of hydrogen-bond acceptors (Lipinski definition) is 6. The fourth-order valence-electron chi connectivity index (χ4n) is 9.93. The first-order valence-electron chi connectivity index (χ1n) is 26.2. The van der Waals surface area contributed by atoms with Crippen LogP contribution in [-0.2, 0) is 15.3 Å². The molecule has 0 amide bonds. The van der Waals surface area contributed by atoms with Crippen LogP contribution < -0.4 is 19.3 Å². The summed E-state index contributed by atoms with van der Waals surface area (Å²) in [4.78, 5) is 5.11. The van der Waals surface area contributed by atoms with Gasteiger partial charge >= 0.3 is 0 Å². The Hall–Kier alpha value is -8.13. The standard InChI is InChI=1S/C68H64N2O4S/c1-7-67(5,8-2)53-29-45-61(46-30-53)75(71,72)62-47-43-59(44-48-62)73-58-39-35-56(36-40-58)69(65-23-15-19-51-17-11-13-21-63(51)65)54-31-25-49(26-32-54)50-27-33-55(34-28-50)70(66-24-16-20-52-18-12-14-22-64(52)66)57-37-41-60(42-38-57)74-68(6,9-3)10-4/h11-48H,7-10H2,1-6H3. The highest BCUT2D eigenvalue weighted by atomic mass is 32.2. The van der Waals surface area contributed by atoms with Crippen LogP contribution in [0.2, 0.25) is 0 Å². The van der Waals surface area contributed by atoms with Gasteiger partial charge in [-0.15, -0.1) is 0 Å². The molecule has 0 N–H and O–H groups in total. The Kier molecular flexibility index (Phi) is 14.4. The second-order valence-corrected chi connectivity index (χ2v) is 21.8. The summed E-state index contributed by atoms with van der Waals surface area (Å²) in [6.45, 7) is 13.1. The highest BCUT2D eigenvalue weighted by molar-refractivity contribution is 7.91. The van der Waals surface area contributed by atoms with E-state index in [2.05, 4.69) is 221 Å². The third kappa shape index (κ3) is 10.4. The highest BCUT2D eigenvalue weighted by Gasteiger charge is 2.25. The number of hydrogen-bond donors (Lipinski definition) is 0. The first-order chi connectivity index (χ1) is 36.4. The van der Waals surface area contributed by atoms with Crippen molar-refractivity contribution < 1.29 is 17.9 Å². The van der Waals surface area contributed by atoms with Gasteiger partial charge in [0, 0.05) is 33.5 Å². The second-order valence-electron chi connectivity index (χ2n) is 19.9. The predicted molar refractivity (Wildman–Crippen MR) is 312 cm³/mol. The van der Waals surface area contributed by atoms with Gasteiger partial charge in [0.25, 0.3) is 0 Å². The molecule has 0 unspecified atom stereocenters. The fraction of sp³-hybridized carbons (Fsp3) is 0.176. The summed E-state index contributed by atoms with van der Waals surface area (Å²) in [6, 6.07) is 77.9. The Morgan fingerprint density at radius 1 is 0.387 bits per heavy atom. The molecule has 10 aromatic carbocycles. The normalized spacial score (nSPS) is 11.9. The van der Waals surface area contributed by atoms with E-state index in [0.717, 1.165) is 93.0 Å². The van der Waals surface area contributed by atoms with Gasteiger partial charge in [0.2, 0.25) is 9.84 Å². The van der Waals surface area contributed by atoms with Gasteiger partial charge in [-0.25, -0.2) is 8.42 Å². The number of fused-ring (bicyclic) bond motifs is 2. The monoisotopic (exact) mass is 1000 g/mol. The molecule has 0 bridgehead atoms. The average Bonchev–Trinajstić information content (AvgIpc) is 3.47. The third-order valence-corrected chi connectivity index (χ3v) is 17.2. The summed E-state index contributed by atoms with van der Waals surface area (Å²) in [5.41, 5.74) is 9.36. The number of ether oxygens (including phenoxy) is 2. The topological polar surface area (TPSA) is 59.1 Å². The Bertz CT molecular complexity index is 3650. The van der Waals surface area contributed by atoms with Gasteiger partial charge in [-0.2, -0.15) is 0 Å². The molecule has 0 fully saturated rings. The zero-order valence-electron chi connectivity index (χ0n) is 43.7. The maximum Gasteiger partial charge on any atom is 0.206 e. The van der Waals surface area contributed by atoms with Crippen molar-refractivity contribution >= 4 is 65.5 Å². The van der Waals surface area contributed by atoms with E-state index in [1.165, 1.54) is 10.8 Å². The van der Waals surface area contributed by atoms with Crippen molar-refractivity contribution in [1.29, 1.82) is 0 Å². The molecule has 376 valence electrons. The van der Waals surface area contributed by atoms with Gasteiger partial charge < -0.3 is 19.3 Å². The molecule has 7 heteroatoms. The Morgan fingerprint density at radius 2 is 0.747 bits per heavy atom. The van der Waals surface area contributed by atoms with Gasteiger partial charge in [-0.3, -0.25) is 0 Å².